The molecule has 2 fully saturated rings. The summed E-state index contributed by atoms with van der Waals surface area (Å²) in [5, 5.41) is 6.86. The highest BCUT2D eigenvalue weighted by Gasteiger charge is 2.28. The fourth-order valence-corrected chi connectivity index (χ4v) is 3.64. The van der Waals surface area contributed by atoms with E-state index in [0.717, 1.165) is 25.0 Å². The average Bonchev–Trinajstić information content (AvgIpc) is 3.41. The normalized spacial score (nSPS) is 20.5. The number of nitrogens with one attached hydrogen (secondary N) is 1. The van der Waals surface area contributed by atoms with Crippen LogP contribution in [0.25, 0.3) is 0 Å². The molecule has 1 aliphatic carbocycles. The fraction of sp³-hybridized carbons (Fsp3) is 0.526. The molecule has 1 aromatic heterocycles. The quantitative estimate of drug-likeness (QED) is 0.890. The lowest BCUT2D eigenvalue weighted by molar-refractivity contribution is 0.186. The Bertz CT molecular complexity index is 727. The molecular weight excluding hydrogens is 332 g/mol. The van der Waals surface area contributed by atoms with Crippen LogP contribution in [0.3, 0.4) is 0 Å². The Balaban J connectivity index is 1.24. The van der Waals surface area contributed by atoms with E-state index >= 15 is 0 Å². The molecule has 2 aliphatic rings. The van der Waals surface area contributed by atoms with Crippen LogP contribution < -0.4 is 10.1 Å². The topological polar surface area (TPSA) is 80.5 Å². The Morgan fingerprint density at radius 1 is 1.23 bits per heavy atom. The highest BCUT2D eigenvalue weighted by atomic mass is 16.5. The highest BCUT2D eigenvalue weighted by molar-refractivity contribution is 5.74. The summed E-state index contributed by atoms with van der Waals surface area (Å²) in [6.45, 7) is 1.55. The molecule has 7 heteroatoms. The van der Waals surface area contributed by atoms with Crippen molar-refractivity contribution in [2.75, 3.05) is 13.1 Å². The van der Waals surface area contributed by atoms with Crippen LogP contribution >= 0.6 is 0 Å². The van der Waals surface area contributed by atoms with Crippen LogP contribution in [0.1, 0.15) is 49.7 Å². The third-order valence-electron chi connectivity index (χ3n) is 5.06. The molecule has 1 saturated carbocycles. The molecule has 26 heavy (non-hydrogen) atoms. The van der Waals surface area contributed by atoms with E-state index in [0.29, 0.717) is 30.7 Å². The number of carbonyl (C=O) groups excluding carboxylic acids is 1. The minimum absolute atomic E-state index is 0.0299. The van der Waals surface area contributed by atoms with Gasteiger partial charge in [0.25, 0.3) is 0 Å². The van der Waals surface area contributed by atoms with E-state index in [4.69, 9.17) is 9.26 Å². The number of nitrogens with zero attached hydrogens (tertiary/aromatic N) is 3. The molecule has 2 heterocycles. The lowest BCUT2D eigenvalue weighted by atomic mass is 10.1. The first-order valence-corrected chi connectivity index (χ1v) is 9.35. The lowest BCUT2D eigenvalue weighted by Crippen LogP contribution is -2.39. The maximum absolute atomic E-state index is 12.4. The average molecular weight is 356 g/mol. The predicted octanol–water partition coefficient (Wildman–Crippen LogP) is 3.09. The van der Waals surface area contributed by atoms with Gasteiger partial charge in [-0.3, -0.25) is 0 Å². The molecule has 0 unspecified atom stereocenters. The molecule has 1 N–H and O–H groups in total. The van der Waals surface area contributed by atoms with Crippen LogP contribution in [-0.2, 0) is 6.54 Å². The number of benzene rings is 1. The first kappa shape index (κ1) is 16.9. The van der Waals surface area contributed by atoms with E-state index in [1.165, 1.54) is 12.8 Å². The number of hydrogen-bond acceptors (Lipinski definition) is 5. The van der Waals surface area contributed by atoms with Crippen LogP contribution in [0.2, 0.25) is 0 Å². The van der Waals surface area contributed by atoms with E-state index in [1.807, 2.05) is 30.3 Å². The summed E-state index contributed by atoms with van der Waals surface area (Å²) in [6.07, 6.45) is 5.54. The number of aromatic nitrogens is 2. The summed E-state index contributed by atoms with van der Waals surface area (Å²) in [5.41, 5.74) is 0. The van der Waals surface area contributed by atoms with Gasteiger partial charge in [-0.15, -0.1) is 0 Å². The van der Waals surface area contributed by atoms with Crippen LogP contribution in [0.15, 0.2) is 34.9 Å². The first-order valence-electron chi connectivity index (χ1n) is 9.35. The lowest BCUT2D eigenvalue weighted by Gasteiger charge is -2.17. The van der Waals surface area contributed by atoms with Crippen molar-refractivity contribution in [2.45, 2.75) is 50.7 Å². The van der Waals surface area contributed by atoms with Crippen LogP contribution in [0, 0.1) is 0 Å². The van der Waals surface area contributed by atoms with Crippen LogP contribution in [-0.4, -0.2) is 40.3 Å². The predicted molar refractivity (Wildman–Crippen MR) is 94.8 cm³/mol. The third-order valence-corrected chi connectivity index (χ3v) is 5.06. The Morgan fingerprint density at radius 3 is 2.85 bits per heavy atom. The van der Waals surface area contributed by atoms with Gasteiger partial charge in [0, 0.05) is 18.9 Å². The maximum atomic E-state index is 12.4. The highest BCUT2D eigenvalue weighted by Crippen LogP contribution is 2.32. The minimum atomic E-state index is -0.114. The van der Waals surface area contributed by atoms with Crippen molar-refractivity contribution >= 4 is 6.03 Å². The molecule has 0 radical (unpaired) electrons. The molecule has 7 nitrogen and oxygen atoms in total. The summed E-state index contributed by atoms with van der Waals surface area (Å²) in [5.74, 6) is 2.48. The Kier molecular flexibility index (Phi) is 5.04. The van der Waals surface area contributed by atoms with Crippen molar-refractivity contribution in [1.29, 1.82) is 0 Å². The zero-order valence-electron chi connectivity index (χ0n) is 14.8. The minimum Gasteiger partial charge on any atom is -0.489 e. The van der Waals surface area contributed by atoms with Gasteiger partial charge in [-0.05, 0) is 25.0 Å². The van der Waals surface area contributed by atoms with Gasteiger partial charge in [0.1, 0.15) is 11.9 Å². The van der Waals surface area contributed by atoms with Gasteiger partial charge in [0.15, 0.2) is 5.82 Å². The summed E-state index contributed by atoms with van der Waals surface area (Å²) in [7, 11) is 0. The number of likely N-dealkylation sites (tertiary alicyclic amines) is 1. The number of carbonyl (C=O) groups is 1. The fourth-order valence-electron chi connectivity index (χ4n) is 3.64. The number of hydrogen-bond donors (Lipinski definition) is 1. The Morgan fingerprint density at radius 2 is 2.04 bits per heavy atom. The number of ether oxygens (including phenoxy) is 1. The van der Waals surface area contributed by atoms with Gasteiger partial charge >= 0.3 is 6.03 Å². The second-order valence-corrected chi connectivity index (χ2v) is 6.98. The third kappa shape index (κ3) is 3.98. The van der Waals surface area contributed by atoms with Crippen molar-refractivity contribution in [3.8, 4) is 5.75 Å². The van der Waals surface area contributed by atoms with Gasteiger partial charge in [-0.1, -0.05) is 36.2 Å². The van der Waals surface area contributed by atoms with Gasteiger partial charge in [0.2, 0.25) is 5.89 Å². The molecule has 1 atom stereocenters. The first-order chi connectivity index (χ1) is 12.8. The molecule has 4 rings (SSSR count). The Labute approximate surface area is 152 Å². The Hall–Kier alpha value is -2.57. The number of rotatable bonds is 5. The van der Waals surface area contributed by atoms with Crippen molar-refractivity contribution in [2.24, 2.45) is 0 Å². The maximum Gasteiger partial charge on any atom is 0.317 e. The zero-order chi connectivity index (χ0) is 17.8. The summed E-state index contributed by atoms with van der Waals surface area (Å²) < 4.78 is 11.3. The van der Waals surface area contributed by atoms with Gasteiger partial charge in [-0.2, -0.15) is 4.98 Å². The van der Waals surface area contributed by atoms with Gasteiger partial charge in [0.05, 0.1) is 13.1 Å². The molecule has 1 saturated heterocycles. The molecule has 1 aromatic carbocycles. The smallest absolute Gasteiger partial charge is 0.317 e. The van der Waals surface area contributed by atoms with Gasteiger partial charge in [-0.25, -0.2) is 4.79 Å². The summed E-state index contributed by atoms with van der Waals surface area (Å²) in [4.78, 5) is 18.5. The number of para-hydroxylation sites is 1. The molecule has 0 spiro atoms. The van der Waals surface area contributed by atoms with E-state index in [2.05, 4.69) is 15.5 Å². The van der Waals surface area contributed by atoms with Crippen molar-refractivity contribution < 1.29 is 14.1 Å². The summed E-state index contributed by atoms with van der Waals surface area (Å²) in [6, 6.07) is 9.59. The van der Waals surface area contributed by atoms with Gasteiger partial charge < -0.3 is 19.5 Å². The number of urea groups is 1. The molecule has 138 valence electrons. The van der Waals surface area contributed by atoms with E-state index < -0.39 is 0 Å². The van der Waals surface area contributed by atoms with Crippen molar-refractivity contribution in [3.05, 3.63) is 42.0 Å². The second kappa shape index (κ2) is 7.76. The number of amides is 2. The molecular formula is C19H24N4O3. The largest absolute Gasteiger partial charge is 0.489 e. The van der Waals surface area contributed by atoms with E-state index in [9.17, 15) is 4.79 Å². The molecule has 1 aliphatic heterocycles. The van der Waals surface area contributed by atoms with E-state index in [1.54, 1.807) is 4.90 Å². The van der Waals surface area contributed by atoms with E-state index in [-0.39, 0.29) is 18.7 Å². The molecule has 2 amide bonds. The second-order valence-electron chi connectivity index (χ2n) is 6.98. The van der Waals surface area contributed by atoms with Crippen molar-refractivity contribution in [1.82, 2.24) is 20.4 Å². The molecule has 0 bridgehead atoms. The summed E-state index contributed by atoms with van der Waals surface area (Å²) >= 11 is 0. The monoisotopic (exact) mass is 356 g/mol. The zero-order valence-corrected chi connectivity index (χ0v) is 14.8. The van der Waals surface area contributed by atoms with Crippen LogP contribution in [0.4, 0.5) is 4.79 Å². The van der Waals surface area contributed by atoms with Crippen molar-refractivity contribution in [3.63, 3.8) is 0 Å². The molecule has 2 aromatic rings. The SMILES string of the molecule is O=C(NCc1noc(C2CCCC2)n1)N1CC[C@@H](Oc2ccccc2)C1. The standard InChI is InChI=1S/C19H24N4O3/c24-19(20-12-17-21-18(26-22-17)14-6-4-5-7-14)23-11-10-16(13-23)25-15-8-2-1-3-9-15/h1-3,8-9,14,16H,4-7,10-13H2,(H,20,24)/t16-/m1/s1. The van der Waals surface area contributed by atoms with Crippen LogP contribution in [0.5, 0.6) is 5.75 Å².